The standard InChI is InChI=1S/C44H68N2O2.C2H6/c1-9-13-21-34(8)38-28-37(27-26-36(38)25-18-24-35-22-15-14-16-23-35)39-29-40(48-30-32(6)20-17-19-31(5)10-2)42(44(45)47)43(46-12-4)41(39)33(7)11-3;1-2/h9,12-13,26-29,31-35,46H,4,10-11,14-25,30H2,1-3,5-8H3,(H2,45,47);1-2H3/b13-9+;/t31?,32-,33?,34?;/m1./s1. The molecule has 0 spiro atoms. The Balaban J connectivity index is 0.00000425. The smallest absolute Gasteiger partial charge is 0.254 e. The molecule has 1 aliphatic rings. The monoisotopic (exact) mass is 687 g/mol. The summed E-state index contributed by atoms with van der Waals surface area (Å²) >= 11 is 0. The Labute approximate surface area is 308 Å². The zero-order chi connectivity index (χ0) is 37.1. The summed E-state index contributed by atoms with van der Waals surface area (Å²) in [6.45, 7) is 24.2. The molecule has 4 nitrogen and oxygen atoms in total. The molecule has 0 radical (unpaired) electrons. The molecule has 1 amide bonds. The lowest BCUT2D eigenvalue weighted by Gasteiger charge is -2.26. The van der Waals surface area contributed by atoms with Gasteiger partial charge in [0, 0.05) is 0 Å². The predicted molar refractivity (Wildman–Crippen MR) is 220 cm³/mol. The Bertz CT molecular complexity index is 1320. The summed E-state index contributed by atoms with van der Waals surface area (Å²) in [6.07, 6.45) is 23.5. The molecule has 0 bridgehead atoms. The molecule has 1 saturated carbocycles. The number of rotatable bonds is 21. The minimum Gasteiger partial charge on any atom is -0.492 e. The number of hydrogen-bond acceptors (Lipinski definition) is 3. The van der Waals surface area contributed by atoms with Crippen LogP contribution in [0.3, 0.4) is 0 Å². The molecule has 3 unspecified atom stereocenters. The number of ether oxygens (including phenoxy) is 1. The third kappa shape index (κ3) is 13.0. The minimum atomic E-state index is -0.483. The zero-order valence-corrected chi connectivity index (χ0v) is 33.6. The van der Waals surface area contributed by atoms with Crippen molar-refractivity contribution in [1.82, 2.24) is 0 Å². The second-order valence-corrected chi connectivity index (χ2v) is 15.0. The molecule has 0 aliphatic heterocycles. The van der Waals surface area contributed by atoms with Crippen molar-refractivity contribution in [3.05, 3.63) is 71.5 Å². The number of hydrogen-bond donors (Lipinski definition) is 2. The first kappa shape index (κ1) is 43.2. The van der Waals surface area contributed by atoms with Gasteiger partial charge in [-0.1, -0.05) is 150 Å². The van der Waals surface area contributed by atoms with Crippen molar-refractivity contribution in [2.75, 3.05) is 11.9 Å². The molecule has 280 valence electrons. The van der Waals surface area contributed by atoms with Gasteiger partial charge in [0.25, 0.3) is 5.91 Å². The van der Waals surface area contributed by atoms with E-state index in [1.807, 2.05) is 13.8 Å². The van der Waals surface area contributed by atoms with Gasteiger partial charge in [-0.25, -0.2) is 0 Å². The van der Waals surface area contributed by atoms with E-state index in [4.69, 9.17) is 10.5 Å². The number of carbonyl (C=O) groups is 1. The highest BCUT2D eigenvalue weighted by Crippen LogP contribution is 2.44. The fourth-order valence-corrected chi connectivity index (χ4v) is 7.55. The molecule has 0 heterocycles. The summed E-state index contributed by atoms with van der Waals surface area (Å²) in [5.41, 5.74) is 13.5. The van der Waals surface area contributed by atoms with Gasteiger partial charge in [0.15, 0.2) is 0 Å². The van der Waals surface area contributed by atoms with Gasteiger partial charge in [0.1, 0.15) is 11.3 Å². The molecule has 4 heteroatoms. The lowest BCUT2D eigenvalue weighted by atomic mass is 9.82. The molecule has 2 aromatic carbocycles. The van der Waals surface area contributed by atoms with Crippen molar-refractivity contribution in [2.24, 2.45) is 23.5 Å². The second kappa shape index (κ2) is 23.5. The van der Waals surface area contributed by atoms with Gasteiger partial charge in [-0.05, 0) is 109 Å². The normalized spacial score (nSPS) is 15.9. The van der Waals surface area contributed by atoms with E-state index in [1.165, 1.54) is 80.9 Å². The number of allylic oxidation sites excluding steroid dienone is 2. The first-order chi connectivity index (χ1) is 24.1. The van der Waals surface area contributed by atoms with E-state index >= 15 is 0 Å². The highest BCUT2D eigenvalue weighted by Gasteiger charge is 2.27. The molecule has 50 heavy (non-hydrogen) atoms. The van der Waals surface area contributed by atoms with Crippen LogP contribution in [0.2, 0.25) is 0 Å². The van der Waals surface area contributed by atoms with Gasteiger partial charge >= 0.3 is 0 Å². The van der Waals surface area contributed by atoms with Crippen LogP contribution in [-0.2, 0) is 6.42 Å². The molecule has 0 aromatic heterocycles. The highest BCUT2D eigenvalue weighted by atomic mass is 16.5. The van der Waals surface area contributed by atoms with Crippen LogP contribution < -0.4 is 15.8 Å². The van der Waals surface area contributed by atoms with Crippen LogP contribution in [0.5, 0.6) is 5.75 Å². The summed E-state index contributed by atoms with van der Waals surface area (Å²) < 4.78 is 6.54. The van der Waals surface area contributed by atoms with Crippen LogP contribution in [-0.4, -0.2) is 12.5 Å². The second-order valence-electron chi connectivity index (χ2n) is 15.0. The Morgan fingerprint density at radius 2 is 1.68 bits per heavy atom. The van der Waals surface area contributed by atoms with Gasteiger partial charge < -0.3 is 15.8 Å². The molecular weight excluding hydrogens is 613 g/mol. The predicted octanol–water partition coefficient (Wildman–Crippen LogP) is 13.8. The summed E-state index contributed by atoms with van der Waals surface area (Å²) in [6, 6.07) is 9.20. The third-order valence-electron chi connectivity index (χ3n) is 11.0. The Kier molecular flexibility index (Phi) is 20.2. The quantitative estimate of drug-likeness (QED) is 0.128. The molecule has 4 atom stereocenters. The van der Waals surface area contributed by atoms with E-state index in [2.05, 4.69) is 96.8 Å². The lowest BCUT2D eigenvalue weighted by molar-refractivity contribution is 0.0996. The van der Waals surface area contributed by atoms with Crippen LogP contribution >= 0.6 is 0 Å². The van der Waals surface area contributed by atoms with Crippen LogP contribution in [0.25, 0.3) is 11.1 Å². The number of aryl methyl sites for hydroxylation is 1. The maximum atomic E-state index is 13.1. The van der Waals surface area contributed by atoms with Crippen molar-refractivity contribution < 1.29 is 9.53 Å². The van der Waals surface area contributed by atoms with Gasteiger partial charge in [-0.3, -0.25) is 4.79 Å². The maximum absolute atomic E-state index is 13.1. The van der Waals surface area contributed by atoms with Crippen molar-refractivity contribution in [1.29, 1.82) is 0 Å². The van der Waals surface area contributed by atoms with Crippen molar-refractivity contribution in [3.8, 4) is 16.9 Å². The molecule has 2 aromatic rings. The SMILES string of the molecule is C=CNc1c(C(N)=O)c(OC[C@H](C)CCCC(C)CC)cc(-c2ccc(CCCC3CCCCC3)c(C(C)C/C=C/C)c2)c1C(C)CC.CC. The third-order valence-corrected chi connectivity index (χ3v) is 11.0. The summed E-state index contributed by atoms with van der Waals surface area (Å²) in [5.74, 6) is 2.69. The number of benzene rings is 2. The van der Waals surface area contributed by atoms with Crippen molar-refractivity contribution >= 4 is 11.6 Å². The molecule has 3 rings (SSSR count). The number of nitrogens with one attached hydrogen (secondary N) is 1. The van der Waals surface area contributed by atoms with Crippen LogP contribution in [0.15, 0.2) is 49.2 Å². The van der Waals surface area contributed by atoms with E-state index < -0.39 is 5.91 Å². The van der Waals surface area contributed by atoms with E-state index in [0.717, 1.165) is 54.3 Å². The molecule has 3 N–H and O–H groups in total. The van der Waals surface area contributed by atoms with Crippen LogP contribution in [0.1, 0.15) is 185 Å². The van der Waals surface area contributed by atoms with E-state index in [0.29, 0.717) is 29.8 Å². The lowest BCUT2D eigenvalue weighted by Crippen LogP contribution is -2.19. The van der Waals surface area contributed by atoms with Crippen molar-refractivity contribution in [3.63, 3.8) is 0 Å². The van der Waals surface area contributed by atoms with Gasteiger partial charge in [0.05, 0.1) is 12.3 Å². The number of nitrogens with two attached hydrogens (primary N) is 1. The maximum Gasteiger partial charge on any atom is 0.254 e. The van der Waals surface area contributed by atoms with Crippen LogP contribution in [0, 0.1) is 17.8 Å². The zero-order valence-electron chi connectivity index (χ0n) is 33.6. The first-order valence-corrected chi connectivity index (χ1v) is 20.4. The average Bonchev–Trinajstić information content (AvgIpc) is 3.13. The van der Waals surface area contributed by atoms with Gasteiger partial charge in [0.2, 0.25) is 0 Å². The molecule has 1 fully saturated rings. The number of carbonyl (C=O) groups excluding carboxylic acids is 1. The van der Waals surface area contributed by atoms with Crippen LogP contribution in [0.4, 0.5) is 5.69 Å². The molecular formula is C46H74N2O2. The highest BCUT2D eigenvalue weighted by molar-refractivity contribution is 6.04. The summed E-state index contributed by atoms with van der Waals surface area (Å²) in [4.78, 5) is 13.1. The summed E-state index contributed by atoms with van der Waals surface area (Å²) in [5, 5.41) is 3.34. The van der Waals surface area contributed by atoms with Crippen molar-refractivity contribution in [2.45, 2.75) is 164 Å². The fourth-order valence-electron chi connectivity index (χ4n) is 7.55. The van der Waals surface area contributed by atoms with E-state index in [-0.39, 0.29) is 5.92 Å². The number of anilines is 1. The minimum absolute atomic E-state index is 0.188. The fraction of sp³-hybridized carbons (Fsp3) is 0.630. The van der Waals surface area contributed by atoms with Gasteiger partial charge in [-0.2, -0.15) is 0 Å². The Morgan fingerprint density at radius 1 is 0.980 bits per heavy atom. The topological polar surface area (TPSA) is 64.3 Å². The first-order valence-electron chi connectivity index (χ1n) is 20.4. The van der Waals surface area contributed by atoms with E-state index in [9.17, 15) is 4.79 Å². The number of primary amides is 1. The number of amides is 1. The Morgan fingerprint density at radius 3 is 2.30 bits per heavy atom. The molecule has 0 saturated heterocycles. The van der Waals surface area contributed by atoms with E-state index in [1.54, 1.807) is 6.20 Å². The average molecular weight is 687 g/mol. The molecule has 1 aliphatic carbocycles. The summed E-state index contributed by atoms with van der Waals surface area (Å²) in [7, 11) is 0. The largest absolute Gasteiger partial charge is 0.492 e. The van der Waals surface area contributed by atoms with Gasteiger partial charge in [-0.15, -0.1) is 0 Å². The Hall–Kier alpha value is -3.01.